The number of hydrogen-bond donors (Lipinski definition) is 2. The highest BCUT2D eigenvalue weighted by molar-refractivity contribution is 6.37. The molecule has 2 aromatic rings. The first-order valence-electron chi connectivity index (χ1n) is 9.39. The van der Waals surface area contributed by atoms with E-state index in [1.807, 2.05) is 31.2 Å². The number of rotatable bonds is 10. The van der Waals surface area contributed by atoms with Gasteiger partial charge in [0.25, 0.3) is 0 Å². The maximum atomic E-state index is 9.46. The smallest absolute Gasteiger partial charge is 0.156 e. The van der Waals surface area contributed by atoms with E-state index in [0.29, 0.717) is 22.5 Å². The Morgan fingerprint density at radius 2 is 1.55 bits per heavy atom. The highest BCUT2D eigenvalue weighted by atomic mass is 35.5. The molecule has 0 aliphatic carbocycles. The molecule has 160 valence electrons. The highest BCUT2D eigenvalue weighted by Gasteiger charge is 2.26. The molecule has 0 saturated heterocycles. The highest BCUT2D eigenvalue weighted by Crippen LogP contribution is 2.40. The van der Waals surface area contributed by atoms with E-state index >= 15 is 0 Å². The minimum atomic E-state index is -0.994. The molecule has 0 amide bonds. The van der Waals surface area contributed by atoms with Crippen LogP contribution in [0, 0.1) is 5.92 Å². The third-order valence-electron chi connectivity index (χ3n) is 4.72. The number of hydrogen-bond acceptors (Lipinski definition) is 4. The normalized spacial score (nSPS) is 13.8. The SMILES string of the molecule is C[C@@H](CCl)COc1ccc(C(C)(C)c2cc(Cl)c(OC[C@@H](O)CO)c(Cl)c2)cc1. The molecule has 0 spiro atoms. The predicted molar refractivity (Wildman–Crippen MR) is 119 cm³/mol. The summed E-state index contributed by atoms with van der Waals surface area (Å²) in [6.45, 7) is 6.28. The molecule has 2 rings (SSSR count). The molecular formula is C22H27Cl3O4. The summed E-state index contributed by atoms with van der Waals surface area (Å²) in [4.78, 5) is 0. The summed E-state index contributed by atoms with van der Waals surface area (Å²) >= 11 is 18.6. The third-order valence-corrected chi connectivity index (χ3v) is 5.81. The molecule has 7 heteroatoms. The second-order valence-corrected chi connectivity index (χ2v) is 8.76. The monoisotopic (exact) mass is 460 g/mol. The average molecular weight is 462 g/mol. The maximum absolute atomic E-state index is 9.46. The van der Waals surface area contributed by atoms with Crippen molar-refractivity contribution in [2.75, 3.05) is 25.7 Å². The Balaban J connectivity index is 2.19. The molecule has 29 heavy (non-hydrogen) atoms. The quantitative estimate of drug-likeness (QED) is 0.471. The van der Waals surface area contributed by atoms with Crippen LogP contribution >= 0.6 is 34.8 Å². The van der Waals surface area contributed by atoms with Crippen LogP contribution in [0.3, 0.4) is 0 Å². The minimum Gasteiger partial charge on any atom is -0.493 e. The summed E-state index contributed by atoms with van der Waals surface area (Å²) in [5.41, 5.74) is 1.64. The molecule has 2 N–H and O–H groups in total. The van der Waals surface area contributed by atoms with E-state index in [0.717, 1.165) is 16.9 Å². The van der Waals surface area contributed by atoms with E-state index in [1.54, 1.807) is 12.1 Å². The fraction of sp³-hybridized carbons (Fsp3) is 0.455. The van der Waals surface area contributed by atoms with Gasteiger partial charge in [0.2, 0.25) is 0 Å². The Hall–Kier alpha value is -1.17. The van der Waals surface area contributed by atoms with Crippen LogP contribution in [0.5, 0.6) is 11.5 Å². The lowest BCUT2D eigenvalue weighted by Crippen LogP contribution is -2.22. The van der Waals surface area contributed by atoms with Gasteiger partial charge >= 0.3 is 0 Å². The topological polar surface area (TPSA) is 58.9 Å². The number of aliphatic hydroxyl groups excluding tert-OH is 2. The first-order chi connectivity index (χ1) is 13.7. The molecule has 0 aliphatic rings. The van der Waals surface area contributed by atoms with Gasteiger partial charge < -0.3 is 19.7 Å². The zero-order chi connectivity index (χ0) is 21.6. The lowest BCUT2D eigenvalue weighted by Gasteiger charge is -2.27. The zero-order valence-electron chi connectivity index (χ0n) is 16.8. The standard InChI is InChI=1S/C22H27Cl3O4/c1-14(10-23)12-28-18-6-4-15(5-7-18)22(2,3)16-8-19(24)21(20(25)9-16)29-13-17(27)11-26/h4-9,14,17,26-27H,10-13H2,1-3H3/t14-,17-/m0/s1. The van der Waals surface area contributed by atoms with Crippen molar-refractivity contribution in [3.8, 4) is 11.5 Å². The number of benzene rings is 2. The van der Waals surface area contributed by atoms with Gasteiger partial charge in [0.15, 0.2) is 5.75 Å². The summed E-state index contributed by atoms with van der Waals surface area (Å²) < 4.78 is 11.2. The number of halogens is 3. The van der Waals surface area contributed by atoms with E-state index in [9.17, 15) is 5.11 Å². The molecule has 0 aliphatic heterocycles. The van der Waals surface area contributed by atoms with Gasteiger partial charge in [-0.15, -0.1) is 11.6 Å². The van der Waals surface area contributed by atoms with Crippen molar-refractivity contribution in [2.45, 2.75) is 32.3 Å². The van der Waals surface area contributed by atoms with Crippen LogP contribution in [-0.4, -0.2) is 42.0 Å². The van der Waals surface area contributed by atoms with Crippen molar-refractivity contribution in [1.29, 1.82) is 0 Å². The van der Waals surface area contributed by atoms with Gasteiger partial charge in [-0.25, -0.2) is 0 Å². The fourth-order valence-corrected chi connectivity index (χ4v) is 3.39. The Morgan fingerprint density at radius 1 is 0.966 bits per heavy atom. The van der Waals surface area contributed by atoms with Gasteiger partial charge in [0, 0.05) is 17.2 Å². The van der Waals surface area contributed by atoms with Crippen molar-refractivity contribution in [3.05, 3.63) is 57.6 Å². The first-order valence-corrected chi connectivity index (χ1v) is 10.7. The predicted octanol–water partition coefficient (Wildman–Crippen LogP) is 5.31. The molecule has 0 bridgehead atoms. The molecule has 0 heterocycles. The molecule has 0 fully saturated rings. The van der Waals surface area contributed by atoms with Crippen molar-refractivity contribution in [1.82, 2.24) is 0 Å². The second-order valence-electron chi connectivity index (χ2n) is 7.64. The van der Waals surface area contributed by atoms with Gasteiger partial charge in [-0.2, -0.15) is 0 Å². The van der Waals surface area contributed by atoms with Crippen LogP contribution < -0.4 is 9.47 Å². The molecule has 4 nitrogen and oxygen atoms in total. The third kappa shape index (κ3) is 6.40. The lowest BCUT2D eigenvalue weighted by atomic mass is 9.78. The second kappa shape index (κ2) is 10.7. The molecule has 2 aromatic carbocycles. The first kappa shape index (κ1) is 24.1. The Labute approximate surface area is 187 Å². The van der Waals surface area contributed by atoms with Crippen LogP contribution in [0.15, 0.2) is 36.4 Å². The summed E-state index contributed by atoms with van der Waals surface area (Å²) in [7, 11) is 0. The van der Waals surface area contributed by atoms with E-state index in [-0.39, 0.29) is 23.7 Å². The van der Waals surface area contributed by atoms with Crippen LogP contribution in [0.2, 0.25) is 10.0 Å². The van der Waals surface area contributed by atoms with Gasteiger partial charge in [-0.1, -0.05) is 56.1 Å². The molecule has 0 unspecified atom stereocenters. The van der Waals surface area contributed by atoms with Crippen molar-refractivity contribution >= 4 is 34.8 Å². The maximum Gasteiger partial charge on any atom is 0.156 e. The summed E-state index contributed by atoms with van der Waals surface area (Å²) in [6, 6.07) is 11.5. The fourth-order valence-electron chi connectivity index (χ4n) is 2.71. The Kier molecular flexibility index (Phi) is 8.92. The summed E-state index contributed by atoms with van der Waals surface area (Å²) in [6.07, 6.45) is -0.994. The van der Waals surface area contributed by atoms with Crippen molar-refractivity contribution < 1.29 is 19.7 Å². The number of aliphatic hydroxyl groups is 2. The van der Waals surface area contributed by atoms with Crippen LogP contribution in [0.4, 0.5) is 0 Å². The summed E-state index contributed by atoms with van der Waals surface area (Å²) in [5, 5.41) is 19.1. The lowest BCUT2D eigenvalue weighted by molar-refractivity contribution is 0.0536. The van der Waals surface area contributed by atoms with Crippen LogP contribution in [0.1, 0.15) is 31.9 Å². The van der Waals surface area contributed by atoms with Gasteiger partial charge in [0.05, 0.1) is 23.3 Å². The van der Waals surface area contributed by atoms with Gasteiger partial charge in [-0.05, 0) is 35.4 Å². The van der Waals surface area contributed by atoms with E-state index < -0.39 is 12.7 Å². The molecule has 0 radical (unpaired) electrons. The van der Waals surface area contributed by atoms with Crippen molar-refractivity contribution in [2.24, 2.45) is 5.92 Å². The van der Waals surface area contributed by atoms with E-state index in [1.165, 1.54) is 0 Å². The van der Waals surface area contributed by atoms with Crippen LogP contribution in [0.25, 0.3) is 0 Å². The van der Waals surface area contributed by atoms with Crippen LogP contribution in [-0.2, 0) is 5.41 Å². The Bertz CT molecular complexity index is 770. The minimum absolute atomic E-state index is 0.0948. The molecule has 0 aromatic heterocycles. The van der Waals surface area contributed by atoms with Crippen molar-refractivity contribution in [3.63, 3.8) is 0 Å². The molecule has 0 saturated carbocycles. The number of ether oxygens (including phenoxy) is 2. The number of alkyl halides is 1. The average Bonchev–Trinajstić information content (AvgIpc) is 2.71. The molecular weight excluding hydrogens is 435 g/mol. The van der Waals surface area contributed by atoms with E-state index in [2.05, 4.69) is 13.8 Å². The largest absolute Gasteiger partial charge is 0.493 e. The molecule has 2 atom stereocenters. The van der Waals surface area contributed by atoms with Gasteiger partial charge in [-0.3, -0.25) is 0 Å². The Morgan fingerprint density at radius 3 is 2.07 bits per heavy atom. The van der Waals surface area contributed by atoms with E-state index in [4.69, 9.17) is 49.4 Å². The van der Waals surface area contributed by atoms with Gasteiger partial charge in [0.1, 0.15) is 18.5 Å². The zero-order valence-corrected chi connectivity index (χ0v) is 19.1. The summed E-state index contributed by atoms with van der Waals surface area (Å²) in [5.74, 6) is 1.93.